The highest BCUT2D eigenvalue weighted by Gasteiger charge is 2.23. The number of sulfonamides is 1. The molecule has 1 unspecified atom stereocenters. The molecule has 1 atom stereocenters. The summed E-state index contributed by atoms with van der Waals surface area (Å²) in [6.45, 7) is 0.186. The van der Waals surface area contributed by atoms with E-state index in [4.69, 9.17) is 10.9 Å². The molecule has 10 heteroatoms. The Morgan fingerprint density at radius 3 is 2.36 bits per heavy atom. The maximum atomic E-state index is 13.4. The number of carbonyl (C=O) groups excluding carboxylic acids is 2. The summed E-state index contributed by atoms with van der Waals surface area (Å²) < 4.78 is 35.9. The van der Waals surface area contributed by atoms with Gasteiger partial charge < -0.3 is 11.1 Å². The second-order valence-electron chi connectivity index (χ2n) is 6.21. The van der Waals surface area contributed by atoms with Crippen molar-refractivity contribution in [1.82, 2.24) is 4.90 Å². The molecule has 0 heterocycles. The minimum absolute atomic E-state index is 0.0343. The molecule has 0 aromatic heterocycles. The third kappa shape index (κ3) is 5.84. The summed E-state index contributed by atoms with van der Waals surface area (Å²) in [5, 5.41) is 7.63. The fraction of sp³-hybridized carbons (Fsp3) is 0.222. The monoisotopic (exact) mass is 408 g/mol. The van der Waals surface area contributed by atoms with Crippen molar-refractivity contribution in [2.45, 2.75) is 17.4 Å². The van der Waals surface area contributed by atoms with E-state index in [1.807, 2.05) is 0 Å². The number of primary amides is 1. The normalized spacial score (nSPS) is 12.6. The SMILES string of the molecule is CN(CCC(=O)Nc1ccc(S(N)(=O)=O)cc1)C(C(N)=O)c1cccc(F)c1. The number of rotatable bonds is 8. The van der Waals surface area contributed by atoms with Crippen LogP contribution in [0.2, 0.25) is 0 Å². The highest BCUT2D eigenvalue weighted by Crippen LogP contribution is 2.20. The largest absolute Gasteiger partial charge is 0.368 e. The third-order valence-corrected chi connectivity index (χ3v) is 4.96. The van der Waals surface area contributed by atoms with Gasteiger partial charge in [0.15, 0.2) is 0 Å². The predicted molar refractivity (Wildman–Crippen MR) is 102 cm³/mol. The van der Waals surface area contributed by atoms with Crippen LogP contribution in [-0.2, 0) is 19.6 Å². The molecular formula is C18H21FN4O4S. The van der Waals surface area contributed by atoms with Crippen LogP contribution < -0.4 is 16.2 Å². The summed E-state index contributed by atoms with van der Waals surface area (Å²) >= 11 is 0. The molecule has 0 radical (unpaired) electrons. The molecule has 2 aromatic carbocycles. The molecule has 2 rings (SSSR count). The maximum absolute atomic E-state index is 13.4. The van der Waals surface area contributed by atoms with Crippen molar-refractivity contribution in [3.8, 4) is 0 Å². The third-order valence-electron chi connectivity index (χ3n) is 4.03. The van der Waals surface area contributed by atoms with Crippen LogP contribution >= 0.6 is 0 Å². The first-order valence-corrected chi connectivity index (χ1v) is 9.80. The first-order valence-electron chi connectivity index (χ1n) is 8.25. The van der Waals surface area contributed by atoms with Gasteiger partial charge in [0.2, 0.25) is 21.8 Å². The molecule has 0 saturated carbocycles. The Hall–Kier alpha value is -2.82. The van der Waals surface area contributed by atoms with Crippen molar-refractivity contribution >= 4 is 27.5 Å². The number of carbonyl (C=O) groups is 2. The van der Waals surface area contributed by atoms with Gasteiger partial charge in [0.05, 0.1) is 4.90 Å². The number of hydrogen-bond acceptors (Lipinski definition) is 5. The standard InChI is InChI=1S/C18H21FN4O4S/c1-23(17(18(20)25)12-3-2-4-13(19)11-12)10-9-16(24)22-14-5-7-15(8-6-14)28(21,26)27/h2-8,11,17H,9-10H2,1H3,(H2,20,25)(H,22,24)(H2,21,26,27). The molecular weight excluding hydrogens is 387 g/mol. The lowest BCUT2D eigenvalue weighted by molar-refractivity contribution is -0.124. The number of nitrogens with one attached hydrogen (secondary N) is 1. The van der Waals surface area contributed by atoms with Gasteiger partial charge in [0.1, 0.15) is 11.9 Å². The Morgan fingerprint density at radius 2 is 1.82 bits per heavy atom. The second-order valence-corrected chi connectivity index (χ2v) is 7.77. The summed E-state index contributed by atoms with van der Waals surface area (Å²) in [6.07, 6.45) is 0.0343. The molecule has 150 valence electrons. The molecule has 28 heavy (non-hydrogen) atoms. The number of anilines is 1. The molecule has 0 aliphatic heterocycles. The van der Waals surface area contributed by atoms with Crippen molar-refractivity contribution in [2.75, 3.05) is 18.9 Å². The smallest absolute Gasteiger partial charge is 0.239 e. The van der Waals surface area contributed by atoms with Crippen LogP contribution in [0.4, 0.5) is 10.1 Å². The summed E-state index contributed by atoms with van der Waals surface area (Å²) in [5.74, 6) is -1.50. The summed E-state index contributed by atoms with van der Waals surface area (Å²) in [7, 11) is -2.20. The van der Waals surface area contributed by atoms with Crippen molar-refractivity contribution < 1.29 is 22.4 Å². The first kappa shape index (κ1) is 21.5. The fourth-order valence-electron chi connectivity index (χ4n) is 2.67. The average Bonchev–Trinajstić information content (AvgIpc) is 2.59. The molecule has 0 bridgehead atoms. The Bertz CT molecular complexity index is 964. The molecule has 0 saturated heterocycles. The van der Waals surface area contributed by atoms with Gasteiger partial charge in [-0.05, 0) is 49.0 Å². The lowest BCUT2D eigenvalue weighted by atomic mass is 10.0. The molecule has 8 nitrogen and oxygen atoms in total. The molecule has 0 spiro atoms. The van der Waals surface area contributed by atoms with Crippen LogP contribution in [0.15, 0.2) is 53.4 Å². The summed E-state index contributed by atoms with van der Waals surface area (Å²) in [4.78, 5) is 25.4. The number of likely N-dealkylation sites (N-methyl/N-ethyl adjacent to an activating group) is 1. The molecule has 0 aliphatic rings. The summed E-state index contributed by atoms with van der Waals surface area (Å²) in [6, 6.07) is 10.1. The van der Waals surface area contributed by atoms with E-state index in [-0.39, 0.29) is 23.8 Å². The van der Waals surface area contributed by atoms with Crippen LogP contribution in [0.25, 0.3) is 0 Å². The van der Waals surface area contributed by atoms with E-state index in [1.165, 1.54) is 42.5 Å². The maximum Gasteiger partial charge on any atom is 0.239 e. The van der Waals surface area contributed by atoms with Crippen LogP contribution in [0, 0.1) is 5.82 Å². The van der Waals surface area contributed by atoms with Crippen molar-refractivity contribution in [1.29, 1.82) is 0 Å². The van der Waals surface area contributed by atoms with Gasteiger partial charge in [0, 0.05) is 18.7 Å². The predicted octanol–water partition coefficient (Wildman–Crippen LogP) is 0.960. The number of nitrogens with two attached hydrogens (primary N) is 2. The summed E-state index contributed by atoms with van der Waals surface area (Å²) in [5.41, 5.74) is 6.23. The van der Waals surface area contributed by atoms with Gasteiger partial charge in [-0.15, -0.1) is 0 Å². The number of amides is 2. The van der Waals surface area contributed by atoms with Crippen LogP contribution in [0.3, 0.4) is 0 Å². The van der Waals surface area contributed by atoms with E-state index in [0.29, 0.717) is 11.3 Å². The van der Waals surface area contributed by atoms with E-state index in [9.17, 15) is 22.4 Å². The van der Waals surface area contributed by atoms with E-state index in [0.717, 1.165) is 0 Å². The topological polar surface area (TPSA) is 136 Å². The van der Waals surface area contributed by atoms with E-state index in [2.05, 4.69) is 5.32 Å². The fourth-order valence-corrected chi connectivity index (χ4v) is 3.19. The Morgan fingerprint density at radius 1 is 1.18 bits per heavy atom. The zero-order valence-electron chi connectivity index (χ0n) is 15.1. The quantitative estimate of drug-likeness (QED) is 0.598. The van der Waals surface area contributed by atoms with Crippen LogP contribution in [-0.4, -0.2) is 38.7 Å². The lowest BCUT2D eigenvalue weighted by Gasteiger charge is -2.25. The van der Waals surface area contributed by atoms with Crippen molar-refractivity contribution in [3.05, 3.63) is 59.9 Å². The number of primary sulfonamides is 1. The van der Waals surface area contributed by atoms with Gasteiger partial charge in [0.25, 0.3) is 0 Å². The van der Waals surface area contributed by atoms with E-state index in [1.54, 1.807) is 18.0 Å². The number of nitrogens with zero attached hydrogens (tertiary/aromatic N) is 1. The van der Waals surface area contributed by atoms with Crippen LogP contribution in [0.1, 0.15) is 18.0 Å². The second kappa shape index (κ2) is 8.91. The minimum Gasteiger partial charge on any atom is -0.368 e. The Labute approximate surface area is 162 Å². The average molecular weight is 408 g/mol. The first-order chi connectivity index (χ1) is 13.1. The minimum atomic E-state index is -3.81. The zero-order chi connectivity index (χ0) is 20.9. The van der Waals surface area contributed by atoms with Gasteiger partial charge in [-0.25, -0.2) is 17.9 Å². The highest BCUT2D eigenvalue weighted by molar-refractivity contribution is 7.89. The molecule has 0 fully saturated rings. The van der Waals surface area contributed by atoms with Crippen molar-refractivity contribution in [2.24, 2.45) is 10.9 Å². The van der Waals surface area contributed by atoms with Crippen LogP contribution in [0.5, 0.6) is 0 Å². The zero-order valence-corrected chi connectivity index (χ0v) is 15.9. The molecule has 0 aliphatic carbocycles. The number of halogens is 1. The Balaban J connectivity index is 1.98. The molecule has 5 N–H and O–H groups in total. The molecule has 2 amide bonds. The van der Waals surface area contributed by atoms with Gasteiger partial charge >= 0.3 is 0 Å². The number of hydrogen-bond donors (Lipinski definition) is 3. The van der Waals surface area contributed by atoms with Crippen molar-refractivity contribution in [3.63, 3.8) is 0 Å². The van der Waals surface area contributed by atoms with Gasteiger partial charge in [-0.3, -0.25) is 14.5 Å². The molecule has 2 aromatic rings. The Kier molecular flexibility index (Phi) is 6.84. The number of benzene rings is 2. The highest BCUT2D eigenvalue weighted by atomic mass is 32.2. The van der Waals surface area contributed by atoms with Gasteiger partial charge in [-0.2, -0.15) is 0 Å². The lowest BCUT2D eigenvalue weighted by Crippen LogP contribution is -2.37. The van der Waals surface area contributed by atoms with Gasteiger partial charge in [-0.1, -0.05) is 12.1 Å². The van der Waals surface area contributed by atoms with E-state index >= 15 is 0 Å². The van der Waals surface area contributed by atoms with E-state index < -0.39 is 27.8 Å².